The van der Waals surface area contributed by atoms with Crippen LogP contribution in [0.25, 0.3) is 11.1 Å². The highest BCUT2D eigenvalue weighted by molar-refractivity contribution is 6.37. The third-order valence-electron chi connectivity index (χ3n) is 2.41. The number of hydrogen-bond acceptors (Lipinski definition) is 3. The lowest BCUT2D eigenvalue weighted by Gasteiger charge is -2.03. The number of hydrogen-bond donors (Lipinski definition) is 1. The molecule has 1 heterocycles. The summed E-state index contributed by atoms with van der Waals surface area (Å²) in [5.74, 6) is 0.605. The van der Waals surface area contributed by atoms with Crippen molar-refractivity contribution in [3.63, 3.8) is 0 Å². The van der Waals surface area contributed by atoms with E-state index in [9.17, 15) is 0 Å². The van der Waals surface area contributed by atoms with E-state index in [2.05, 4.69) is 4.98 Å². The third kappa shape index (κ3) is 2.32. The van der Waals surface area contributed by atoms with E-state index in [1.807, 2.05) is 6.92 Å². The van der Waals surface area contributed by atoms with E-state index in [0.29, 0.717) is 33.5 Å². The number of rotatable bonds is 3. The number of nitrogens with two attached hydrogens (primary N) is 1. The first kappa shape index (κ1) is 11.7. The molecule has 0 aliphatic rings. The van der Waals surface area contributed by atoms with Crippen molar-refractivity contribution in [1.82, 2.24) is 4.98 Å². The molecule has 2 aromatic rings. The van der Waals surface area contributed by atoms with Crippen LogP contribution in [0.15, 0.2) is 16.5 Å². The summed E-state index contributed by atoms with van der Waals surface area (Å²) in [7, 11) is 0. The molecule has 1 aromatic carbocycles. The largest absolute Gasteiger partial charge is 0.439 e. The lowest BCUT2D eigenvalue weighted by atomic mass is 10.2. The van der Waals surface area contributed by atoms with Gasteiger partial charge in [-0.3, -0.25) is 0 Å². The summed E-state index contributed by atoms with van der Waals surface area (Å²) in [6.45, 7) is 2.02. The molecule has 0 bridgehead atoms. The number of benzene rings is 1. The molecule has 1 atom stereocenters. The van der Waals surface area contributed by atoms with Crippen molar-refractivity contribution in [3.8, 4) is 0 Å². The molecule has 0 spiro atoms. The van der Waals surface area contributed by atoms with E-state index < -0.39 is 0 Å². The first-order chi connectivity index (χ1) is 7.60. The summed E-state index contributed by atoms with van der Waals surface area (Å²) < 4.78 is 5.54. The van der Waals surface area contributed by atoms with E-state index >= 15 is 0 Å². The average Bonchev–Trinajstić information content (AvgIpc) is 2.60. The molecule has 3 nitrogen and oxygen atoms in total. The molecule has 0 saturated heterocycles. The van der Waals surface area contributed by atoms with Gasteiger partial charge in [-0.25, -0.2) is 4.98 Å². The van der Waals surface area contributed by atoms with Gasteiger partial charge in [-0.15, -0.1) is 0 Å². The predicted molar refractivity (Wildman–Crippen MR) is 66.0 cm³/mol. The molecule has 0 aliphatic heterocycles. The van der Waals surface area contributed by atoms with Gasteiger partial charge < -0.3 is 10.2 Å². The second-order valence-corrected chi connectivity index (χ2v) is 4.56. The smallest absolute Gasteiger partial charge is 0.197 e. The molecule has 2 N–H and O–H groups in total. The number of oxazole rings is 1. The molecule has 0 radical (unpaired) electrons. The van der Waals surface area contributed by atoms with Gasteiger partial charge in [-0.05, 0) is 18.6 Å². The van der Waals surface area contributed by atoms with Crippen LogP contribution >= 0.6 is 23.2 Å². The van der Waals surface area contributed by atoms with Crippen molar-refractivity contribution in [2.75, 3.05) is 0 Å². The Bertz CT molecular complexity index is 510. The molecular formula is C11H12Cl2N2O. The summed E-state index contributed by atoms with van der Waals surface area (Å²) in [5.41, 5.74) is 7.09. The molecule has 1 unspecified atom stereocenters. The highest BCUT2D eigenvalue weighted by atomic mass is 35.5. The number of halogens is 2. The Labute approximate surface area is 104 Å². The fraction of sp³-hybridized carbons (Fsp3) is 0.364. The Morgan fingerprint density at radius 2 is 2.19 bits per heavy atom. The third-order valence-corrected chi connectivity index (χ3v) is 2.91. The maximum Gasteiger partial charge on any atom is 0.197 e. The second-order valence-electron chi connectivity index (χ2n) is 3.72. The standard InChI is InChI=1S/C11H12Cl2N2O/c1-2-7(14)5-10-15-9-4-6(12)3-8(13)11(9)16-10/h3-4,7H,2,5,14H2,1H3. The van der Waals surface area contributed by atoms with Crippen LogP contribution in [-0.4, -0.2) is 11.0 Å². The summed E-state index contributed by atoms with van der Waals surface area (Å²) in [6.07, 6.45) is 1.49. The molecule has 0 aliphatic carbocycles. The minimum absolute atomic E-state index is 0.0577. The quantitative estimate of drug-likeness (QED) is 0.918. The van der Waals surface area contributed by atoms with Gasteiger partial charge in [0.1, 0.15) is 5.52 Å². The van der Waals surface area contributed by atoms with E-state index in [4.69, 9.17) is 33.4 Å². The SMILES string of the molecule is CCC(N)Cc1nc2cc(Cl)cc(Cl)c2o1. The maximum atomic E-state index is 6.00. The minimum atomic E-state index is 0.0577. The normalized spacial score (nSPS) is 13.2. The zero-order valence-corrected chi connectivity index (χ0v) is 10.3. The molecule has 0 saturated carbocycles. The van der Waals surface area contributed by atoms with Gasteiger partial charge >= 0.3 is 0 Å². The van der Waals surface area contributed by atoms with Crippen LogP contribution in [0.2, 0.25) is 10.0 Å². The van der Waals surface area contributed by atoms with E-state index in [-0.39, 0.29) is 6.04 Å². The van der Waals surface area contributed by atoms with Crippen molar-refractivity contribution in [2.45, 2.75) is 25.8 Å². The minimum Gasteiger partial charge on any atom is -0.439 e. The Balaban J connectivity index is 2.40. The van der Waals surface area contributed by atoms with Crippen LogP contribution in [0, 0.1) is 0 Å². The monoisotopic (exact) mass is 258 g/mol. The van der Waals surface area contributed by atoms with E-state index in [1.165, 1.54) is 0 Å². The van der Waals surface area contributed by atoms with Crippen LogP contribution in [0.3, 0.4) is 0 Å². The highest BCUT2D eigenvalue weighted by Gasteiger charge is 2.12. The second kappa shape index (κ2) is 4.62. The Kier molecular flexibility index (Phi) is 3.38. The molecule has 5 heteroatoms. The topological polar surface area (TPSA) is 52.0 Å². The first-order valence-electron chi connectivity index (χ1n) is 5.10. The molecule has 86 valence electrons. The maximum absolute atomic E-state index is 6.00. The van der Waals surface area contributed by atoms with Crippen LogP contribution in [0.5, 0.6) is 0 Å². The fourth-order valence-electron chi connectivity index (χ4n) is 1.46. The number of fused-ring (bicyclic) bond motifs is 1. The molecule has 0 fully saturated rings. The van der Waals surface area contributed by atoms with E-state index in [0.717, 1.165) is 6.42 Å². The van der Waals surface area contributed by atoms with Crippen molar-refractivity contribution in [3.05, 3.63) is 28.1 Å². The van der Waals surface area contributed by atoms with Crippen molar-refractivity contribution in [2.24, 2.45) is 5.73 Å². The van der Waals surface area contributed by atoms with E-state index in [1.54, 1.807) is 12.1 Å². The number of nitrogens with zero attached hydrogens (tertiary/aromatic N) is 1. The van der Waals surface area contributed by atoms with Crippen LogP contribution in [0.1, 0.15) is 19.2 Å². The van der Waals surface area contributed by atoms with Gasteiger partial charge in [0.25, 0.3) is 0 Å². The van der Waals surface area contributed by atoms with Crippen molar-refractivity contribution >= 4 is 34.3 Å². The molecule has 16 heavy (non-hydrogen) atoms. The van der Waals surface area contributed by atoms with Gasteiger partial charge in [0, 0.05) is 17.5 Å². The zero-order valence-electron chi connectivity index (χ0n) is 8.84. The summed E-state index contributed by atoms with van der Waals surface area (Å²) in [4.78, 5) is 4.31. The highest BCUT2D eigenvalue weighted by Crippen LogP contribution is 2.28. The van der Waals surface area contributed by atoms with Gasteiger partial charge in [0.05, 0.1) is 5.02 Å². The molecule has 1 aromatic heterocycles. The molecule has 2 rings (SSSR count). The van der Waals surface area contributed by atoms with Crippen LogP contribution in [0.4, 0.5) is 0 Å². The Morgan fingerprint density at radius 3 is 2.88 bits per heavy atom. The van der Waals surface area contributed by atoms with Gasteiger partial charge in [0.15, 0.2) is 11.5 Å². The summed E-state index contributed by atoms with van der Waals surface area (Å²) in [6, 6.07) is 3.43. The Hall–Kier alpha value is -0.770. The van der Waals surface area contributed by atoms with Gasteiger partial charge in [-0.1, -0.05) is 30.1 Å². The predicted octanol–water partition coefficient (Wildman–Crippen LogP) is 3.41. The molecular weight excluding hydrogens is 247 g/mol. The van der Waals surface area contributed by atoms with Crippen LogP contribution < -0.4 is 5.73 Å². The Morgan fingerprint density at radius 1 is 1.44 bits per heavy atom. The zero-order chi connectivity index (χ0) is 11.7. The van der Waals surface area contributed by atoms with Crippen molar-refractivity contribution in [1.29, 1.82) is 0 Å². The summed E-state index contributed by atoms with van der Waals surface area (Å²) >= 11 is 11.9. The van der Waals surface area contributed by atoms with Crippen molar-refractivity contribution < 1.29 is 4.42 Å². The first-order valence-corrected chi connectivity index (χ1v) is 5.85. The summed E-state index contributed by atoms with van der Waals surface area (Å²) in [5, 5.41) is 1.03. The molecule has 0 amide bonds. The lowest BCUT2D eigenvalue weighted by molar-refractivity contribution is 0.491. The van der Waals surface area contributed by atoms with Gasteiger partial charge in [-0.2, -0.15) is 0 Å². The van der Waals surface area contributed by atoms with Crippen LogP contribution in [-0.2, 0) is 6.42 Å². The lowest BCUT2D eigenvalue weighted by Crippen LogP contribution is -2.21. The van der Waals surface area contributed by atoms with Gasteiger partial charge in [0.2, 0.25) is 0 Å². The average molecular weight is 259 g/mol. The number of aromatic nitrogens is 1. The fourth-order valence-corrected chi connectivity index (χ4v) is 1.98.